The minimum atomic E-state index is -4.38. The van der Waals surface area contributed by atoms with E-state index in [0.717, 1.165) is 22.0 Å². The summed E-state index contributed by atoms with van der Waals surface area (Å²) in [6.07, 6.45) is 0.726. The molecule has 2 amide bonds. The molecular formula is C33H32ClF2N3O4S. The molecule has 7 nitrogen and oxygen atoms in total. The predicted molar refractivity (Wildman–Crippen MR) is 167 cm³/mol. The normalized spacial score (nSPS) is 11.9. The van der Waals surface area contributed by atoms with Crippen LogP contribution >= 0.6 is 11.6 Å². The molecule has 1 atom stereocenters. The number of sulfonamides is 1. The van der Waals surface area contributed by atoms with Gasteiger partial charge in [0.1, 0.15) is 24.2 Å². The van der Waals surface area contributed by atoms with E-state index in [2.05, 4.69) is 5.32 Å². The van der Waals surface area contributed by atoms with Gasteiger partial charge in [0.15, 0.2) is 0 Å². The van der Waals surface area contributed by atoms with Crippen molar-refractivity contribution in [2.75, 3.05) is 17.4 Å². The second kappa shape index (κ2) is 14.9. The molecule has 0 aromatic heterocycles. The Morgan fingerprint density at radius 2 is 1.50 bits per heavy atom. The molecule has 0 aliphatic heterocycles. The lowest BCUT2D eigenvalue weighted by atomic mass is 10.0. The molecule has 0 saturated carbocycles. The van der Waals surface area contributed by atoms with Crippen LogP contribution in [-0.2, 0) is 32.6 Å². The number of halogens is 3. The average Bonchev–Trinajstić information content (AvgIpc) is 3.03. The molecule has 230 valence electrons. The molecule has 44 heavy (non-hydrogen) atoms. The third kappa shape index (κ3) is 8.00. The topological polar surface area (TPSA) is 86.8 Å². The van der Waals surface area contributed by atoms with Crippen molar-refractivity contribution in [3.05, 3.63) is 131 Å². The fourth-order valence-electron chi connectivity index (χ4n) is 4.62. The van der Waals surface area contributed by atoms with Gasteiger partial charge in [-0.25, -0.2) is 17.2 Å². The maximum absolute atomic E-state index is 14.9. The number of hydrogen-bond donors (Lipinski definition) is 1. The number of rotatable bonds is 13. The van der Waals surface area contributed by atoms with Crippen molar-refractivity contribution >= 4 is 39.1 Å². The Morgan fingerprint density at radius 3 is 2.14 bits per heavy atom. The Bertz CT molecular complexity index is 1690. The van der Waals surface area contributed by atoms with E-state index in [1.807, 2.05) is 13.0 Å². The first kappa shape index (κ1) is 32.6. The van der Waals surface area contributed by atoms with E-state index in [0.29, 0.717) is 13.0 Å². The highest BCUT2D eigenvalue weighted by atomic mass is 35.5. The molecule has 0 aliphatic carbocycles. The molecule has 11 heteroatoms. The predicted octanol–water partition coefficient (Wildman–Crippen LogP) is 5.98. The molecular weight excluding hydrogens is 608 g/mol. The summed E-state index contributed by atoms with van der Waals surface area (Å²) in [6.45, 7) is 1.13. The minimum Gasteiger partial charge on any atom is -0.354 e. The van der Waals surface area contributed by atoms with Crippen LogP contribution in [0.2, 0.25) is 5.02 Å². The Morgan fingerprint density at radius 1 is 0.864 bits per heavy atom. The van der Waals surface area contributed by atoms with E-state index < -0.39 is 46.1 Å². The van der Waals surface area contributed by atoms with Crippen molar-refractivity contribution in [2.45, 2.75) is 37.2 Å². The first-order valence-corrected chi connectivity index (χ1v) is 15.8. The smallest absolute Gasteiger partial charge is 0.264 e. The first-order chi connectivity index (χ1) is 21.1. The summed E-state index contributed by atoms with van der Waals surface area (Å²) in [5.74, 6) is -2.60. The first-order valence-electron chi connectivity index (χ1n) is 14.0. The molecule has 1 N–H and O–H groups in total. The van der Waals surface area contributed by atoms with Gasteiger partial charge in [-0.3, -0.25) is 13.9 Å². The zero-order valence-corrected chi connectivity index (χ0v) is 25.6. The van der Waals surface area contributed by atoms with Crippen LogP contribution in [-0.4, -0.2) is 44.3 Å². The Kier molecular flexibility index (Phi) is 11.1. The summed E-state index contributed by atoms with van der Waals surface area (Å²) in [4.78, 5) is 29.0. The maximum atomic E-state index is 14.9. The average molecular weight is 640 g/mol. The second-order valence-corrected chi connectivity index (χ2v) is 12.3. The van der Waals surface area contributed by atoms with Crippen LogP contribution in [0.25, 0.3) is 0 Å². The Labute approximate surface area is 261 Å². The van der Waals surface area contributed by atoms with E-state index >= 15 is 0 Å². The number of benzene rings is 4. The number of amides is 2. The van der Waals surface area contributed by atoms with Gasteiger partial charge in [0.05, 0.1) is 15.6 Å². The minimum absolute atomic E-state index is 0.0607. The number of carbonyl (C=O) groups is 2. The molecule has 4 rings (SSSR count). The van der Waals surface area contributed by atoms with Gasteiger partial charge in [0, 0.05) is 25.1 Å². The summed E-state index contributed by atoms with van der Waals surface area (Å²) in [6, 6.07) is 24.5. The van der Waals surface area contributed by atoms with Gasteiger partial charge in [0.2, 0.25) is 11.8 Å². The molecule has 0 saturated heterocycles. The summed E-state index contributed by atoms with van der Waals surface area (Å²) < 4.78 is 57.7. The Hall–Kier alpha value is -4.28. The van der Waals surface area contributed by atoms with Crippen molar-refractivity contribution in [2.24, 2.45) is 0 Å². The van der Waals surface area contributed by atoms with E-state index in [-0.39, 0.29) is 34.1 Å². The molecule has 0 spiro atoms. The van der Waals surface area contributed by atoms with Crippen LogP contribution in [0.1, 0.15) is 24.5 Å². The maximum Gasteiger partial charge on any atom is 0.264 e. The fourth-order valence-corrected chi connectivity index (χ4v) is 6.22. The molecule has 4 aromatic rings. The summed E-state index contributed by atoms with van der Waals surface area (Å²) in [5, 5.41) is 2.49. The van der Waals surface area contributed by atoms with Crippen LogP contribution in [0.15, 0.2) is 108 Å². The van der Waals surface area contributed by atoms with E-state index in [1.165, 1.54) is 53.4 Å². The van der Waals surface area contributed by atoms with Crippen molar-refractivity contribution in [1.29, 1.82) is 0 Å². The van der Waals surface area contributed by atoms with Gasteiger partial charge in [-0.2, -0.15) is 0 Å². The number of carbonyl (C=O) groups excluding carboxylic acids is 2. The van der Waals surface area contributed by atoms with Gasteiger partial charge in [0.25, 0.3) is 10.0 Å². The molecule has 0 bridgehead atoms. The molecule has 0 heterocycles. The summed E-state index contributed by atoms with van der Waals surface area (Å²) in [7, 11) is -4.38. The van der Waals surface area contributed by atoms with Crippen molar-refractivity contribution in [3.8, 4) is 0 Å². The highest BCUT2D eigenvalue weighted by Crippen LogP contribution is 2.28. The molecule has 0 fully saturated rings. The van der Waals surface area contributed by atoms with E-state index in [9.17, 15) is 26.8 Å². The van der Waals surface area contributed by atoms with Crippen molar-refractivity contribution in [1.82, 2.24) is 10.2 Å². The monoisotopic (exact) mass is 639 g/mol. The molecule has 0 radical (unpaired) electrons. The number of anilines is 1. The highest BCUT2D eigenvalue weighted by Gasteiger charge is 2.35. The van der Waals surface area contributed by atoms with Crippen LogP contribution in [0.4, 0.5) is 14.5 Å². The van der Waals surface area contributed by atoms with Crippen LogP contribution < -0.4 is 9.62 Å². The van der Waals surface area contributed by atoms with Crippen LogP contribution in [0.3, 0.4) is 0 Å². The van der Waals surface area contributed by atoms with E-state index in [1.54, 1.807) is 36.4 Å². The van der Waals surface area contributed by atoms with Gasteiger partial charge in [-0.15, -0.1) is 0 Å². The summed E-state index contributed by atoms with van der Waals surface area (Å²) in [5.41, 5.74) is 0.827. The molecule has 4 aromatic carbocycles. The highest BCUT2D eigenvalue weighted by molar-refractivity contribution is 7.92. The number of nitrogens with zero attached hydrogens (tertiary/aromatic N) is 2. The largest absolute Gasteiger partial charge is 0.354 e. The lowest BCUT2D eigenvalue weighted by Gasteiger charge is -2.34. The number of hydrogen-bond acceptors (Lipinski definition) is 4. The van der Waals surface area contributed by atoms with Gasteiger partial charge in [-0.1, -0.05) is 85.3 Å². The summed E-state index contributed by atoms with van der Waals surface area (Å²) >= 11 is 6.02. The van der Waals surface area contributed by atoms with Gasteiger partial charge >= 0.3 is 0 Å². The third-order valence-electron chi connectivity index (χ3n) is 6.92. The van der Waals surface area contributed by atoms with Crippen LogP contribution in [0.5, 0.6) is 0 Å². The SMILES string of the molecule is CCCNC(=O)C(Cc1ccccc1)N(Cc1ccccc1F)C(=O)CN(c1ccc(F)c(Cl)c1)S(=O)(=O)c1ccccc1. The lowest BCUT2D eigenvalue weighted by molar-refractivity contribution is -0.140. The van der Waals surface area contributed by atoms with E-state index in [4.69, 9.17) is 11.6 Å². The molecule has 0 aliphatic rings. The zero-order chi connectivity index (χ0) is 31.7. The quantitative estimate of drug-likeness (QED) is 0.195. The molecule has 1 unspecified atom stereocenters. The zero-order valence-electron chi connectivity index (χ0n) is 24.0. The Balaban J connectivity index is 1.81. The van der Waals surface area contributed by atoms with Crippen molar-refractivity contribution < 1.29 is 26.8 Å². The lowest BCUT2D eigenvalue weighted by Crippen LogP contribution is -2.53. The van der Waals surface area contributed by atoms with Crippen LogP contribution in [0, 0.1) is 11.6 Å². The standard InChI is InChI=1S/C33H32ClF2N3O4S/c1-2-19-37-33(41)31(20-24-11-5-3-6-12-24)38(22-25-13-9-10-16-29(25)35)32(40)23-39(26-17-18-30(36)28(34)21-26)44(42,43)27-14-7-4-8-15-27/h3-18,21,31H,2,19-20,22-23H2,1H3,(H,37,41). The van der Waals surface area contributed by atoms with Gasteiger partial charge in [-0.05, 0) is 48.4 Å². The third-order valence-corrected chi connectivity index (χ3v) is 9.00. The van der Waals surface area contributed by atoms with Gasteiger partial charge < -0.3 is 10.2 Å². The second-order valence-electron chi connectivity index (χ2n) is 10.0. The fraction of sp³-hybridized carbons (Fsp3) is 0.212. The van der Waals surface area contributed by atoms with Crippen molar-refractivity contribution in [3.63, 3.8) is 0 Å². The number of nitrogens with one attached hydrogen (secondary N) is 1.